The predicted octanol–water partition coefficient (Wildman–Crippen LogP) is 1.69. The third-order valence-corrected chi connectivity index (χ3v) is 3.30. The molecule has 0 saturated heterocycles. The van der Waals surface area contributed by atoms with Crippen LogP contribution in [0.1, 0.15) is 24.8 Å². The first-order chi connectivity index (χ1) is 8.72. The number of halogens is 1. The molecular formula is C14H21ClN2O2. The van der Waals surface area contributed by atoms with Gasteiger partial charge in [0.05, 0.1) is 12.5 Å². The Morgan fingerprint density at radius 2 is 2.26 bits per heavy atom. The number of benzene rings is 1. The lowest BCUT2D eigenvalue weighted by Gasteiger charge is -2.25. The number of nitrogens with one attached hydrogen (secondary N) is 1. The fourth-order valence-corrected chi connectivity index (χ4v) is 2.10. The number of rotatable bonds is 4. The van der Waals surface area contributed by atoms with Crippen LogP contribution in [0.2, 0.25) is 0 Å². The van der Waals surface area contributed by atoms with Gasteiger partial charge in [0.1, 0.15) is 5.75 Å². The molecule has 4 nitrogen and oxygen atoms in total. The summed E-state index contributed by atoms with van der Waals surface area (Å²) in [5.41, 5.74) is 6.53. The Morgan fingerprint density at radius 3 is 3.00 bits per heavy atom. The van der Waals surface area contributed by atoms with Crippen molar-refractivity contribution in [2.45, 2.75) is 19.3 Å². The lowest BCUT2D eigenvalue weighted by molar-refractivity contribution is -0.123. The molecule has 1 aromatic rings. The largest absolute Gasteiger partial charge is 0.493 e. The van der Waals surface area contributed by atoms with Gasteiger partial charge in [0.25, 0.3) is 0 Å². The minimum atomic E-state index is -0.0973. The second-order valence-electron chi connectivity index (χ2n) is 4.81. The Hall–Kier alpha value is -1.26. The molecule has 19 heavy (non-hydrogen) atoms. The highest BCUT2D eigenvalue weighted by atomic mass is 35.5. The maximum absolute atomic E-state index is 12.2. The highest BCUT2D eigenvalue weighted by Crippen LogP contribution is 2.33. The quantitative estimate of drug-likeness (QED) is 0.884. The number of fused-ring (bicyclic) bond motifs is 1. The summed E-state index contributed by atoms with van der Waals surface area (Å²) in [4.78, 5) is 12.2. The second kappa shape index (κ2) is 7.36. The zero-order valence-electron chi connectivity index (χ0n) is 11.1. The number of amides is 1. The van der Waals surface area contributed by atoms with E-state index in [2.05, 4.69) is 5.32 Å². The molecule has 5 heteroatoms. The Bertz CT molecular complexity index is 426. The van der Waals surface area contributed by atoms with E-state index in [9.17, 15) is 4.79 Å². The molecule has 2 unspecified atom stereocenters. The van der Waals surface area contributed by atoms with Crippen LogP contribution in [0.4, 0.5) is 0 Å². The van der Waals surface area contributed by atoms with Gasteiger partial charge in [-0.3, -0.25) is 4.79 Å². The Labute approximate surface area is 120 Å². The van der Waals surface area contributed by atoms with Gasteiger partial charge in [-0.15, -0.1) is 12.4 Å². The molecule has 0 spiro atoms. The molecule has 0 aromatic heterocycles. The molecule has 2 atom stereocenters. The van der Waals surface area contributed by atoms with Crippen molar-refractivity contribution in [3.05, 3.63) is 29.8 Å². The van der Waals surface area contributed by atoms with Crippen molar-refractivity contribution in [2.24, 2.45) is 11.7 Å². The summed E-state index contributed by atoms with van der Waals surface area (Å²) in [7, 11) is 0. The predicted molar refractivity (Wildman–Crippen MR) is 77.8 cm³/mol. The fourth-order valence-electron chi connectivity index (χ4n) is 2.10. The van der Waals surface area contributed by atoms with Gasteiger partial charge < -0.3 is 15.8 Å². The molecule has 106 valence electrons. The third kappa shape index (κ3) is 3.85. The van der Waals surface area contributed by atoms with E-state index in [1.807, 2.05) is 31.2 Å². The maximum Gasteiger partial charge on any atom is 0.227 e. The summed E-state index contributed by atoms with van der Waals surface area (Å²) in [6.07, 6.45) is 0.736. The van der Waals surface area contributed by atoms with E-state index in [-0.39, 0.29) is 24.2 Å². The SMILES string of the molecule is CC(CN)CNC(=O)C1CCOc2ccccc21.Cl. The van der Waals surface area contributed by atoms with Crippen LogP contribution in [0.25, 0.3) is 0 Å². The zero-order valence-corrected chi connectivity index (χ0v) is 11.9. The monoisotopic (exact) mass is 284 g/mol. The van der Waals surface area contributed by atoms with Crippen molar-refractivity contribution < 1.29 is 9.53 Å². The van der Waals surface area contributed by atoms with Crippen LogP contribution < -0.4 is 15.8 Å². The maximum atomic E-state index is 12.2. The average molecular weight is 285 g/mol. The van der Waals surface area contributed by atoms with Crippen molar-refractivity contribution in [1.82, 2.24) is 5.32 Å². The second-order valence-corrected chi connectivity index (χ2v) is 4.81. The molecular weight excluding hydrogens is 264 g/mol. The molecule has 1 aromatic carbocycles. The van der Waals surface area contributed by atoms with Crippen LogP contribution in [0.3, 0.4) is 0 Å². The van der Waals surface area contributed by atoms with Gasteiger partial charge in [0.2, 0.25) is 5.91 Å². The summed E-state index contributed by atoms with van der Waals surface area (Å²) in [5, 5.41) is 2.97. The summed E-state index contributed by atoms with van der Waals surface area (Å²) in [6.45, 7) is 3.85. The average Bonchev–Trinajstić information content (AvgIpc) is 2.43. The molecule has 0 radical (unpaired) electrons. The molecule has 2 rings (SSSR count). The number of nitrogens with two attached hydrogens (primary N) is 1. The number of carbonyl (C=O) groups excluding carboxylic acids is 1. The van der Waals surface area contributed by atoms with E-state index >= 15 is 0 Å². The van der Waals surface area contributed by atoms with Gasteiger partial charge >= 0.3 is 0 Å². The van der Waals surface area contributed by atoms with Crippen LogP contribution in [-0.4, -0.2) is 25.6 Å². The first-order valence-corrected chi connectivity index (χ1v) is 6.42. The number of ether oxygens (including phenoxy) is 1. The zero-order chi connectivity index (χ0) is 13.0. The van der Waals surface area contributed by atoms with Crippen molar-refractivity contribution >= 4 is 18.3 Å². The van der Waals surface area contributed by atoms with Crippen LogP contribution in [0, 0.1) is 5.92 Å². The fraction of sp³-hybridized carbons (Fsp3) is 0.500. The number of hydrogen-bond donors (Lipinski definition) is 2. The van der Waals surface area contributed by atoms with E-state index < -0.39 is 0 Å². The molecule has 0 fully saturated rings. The highest BCUT2D eigenvalue weighted by Gasteiger charge is 2.27. The number of para-hydroxylation sites is 1. The van der Waals surface area contributed by atoms with Crippen LogP contribution >= 0.6 is 12.4 Å². The van der Waals surface area contributed by atoms with Gasteiger partial charge in [0, 0.05) is 12.1 Å². The Kier molecular flexibility index (Phi) is 6.12. The summed E-state index contributed by atoms with van der Waals surface area (Å²) >= 11 is 0. The molecule has 1 amide bonds. The van der Waals surface area contributed by atoms with Gasteiger partial charge in [-0.2, -0.15) is 0 Å². The molecule has 0 saturated carbocycles. The van der Waals surface area contributed by atoms with Crippen molar-refractivity contribution in [1.29, 1.82) is 0 Å². The molecule has 1 aliphatic heterocycles. The first-order valence-electron chi connectivity index (χ1n) is 6.42. The molecule has 0 bridgehead atoms. The van der Waals surface area contributed by atoms with E-state index in [0.717, 1.165) is 17.7 Å². The molecule has 3 N–H and O–H groups in total. The van der Waals surface area contributed by atoms with Crippen molar-refractivity contribution in [3.8, 4) is 5.75 Å². The van der Waals surface area contributed by atoms with Gasteiger partial charge in [-0.25, -0.2) is 0 Å². The van der Waals surface area contributed by atoms with Gasteiger partial charge in [-0.05, 0) is 24.9 Å². The van der Waals surface area contributed by atoms with Gasteiger partial charge in [-0.1, -0.05) is 25.1 Å². The lowest BCUT2D eigenvalue weighted by Crippen LogP contribution is -2.36. The van der Waals surface area contributed by atoms with Crippen molar-refractivity contribution in [2.75, 3.05) is 19.7 Å². The van der Waals surface area contributed by atoms with E-state index in [1.165, 1.54) is 0 Å². The Balaban J connectivity index is 0.00000180. The summed E-state index contributed by atoms with van der Waals surface area (Å²) in [5.74, 6) is 1.12. The number of carbonyl (C=O) groups is 1. The third-order valence-electron chi connectivity index (χ3n) is 3.30. The van der Waals surface area contributed by atoms with E-state index in [1.54, 1.807) is 0 Å². The summed E-state index contributed by atoms with van der Waals surface area (Å²) < 4.78 is 5.55. The van der Waals surface area contributed by atoms with Crippen LogP contribution in [0.5, 0.6) is 5.75 Å². The number of hydrogen-bond acceptors (Lipinski definition) is 3. The highest BCUT2D eigenvalue weighted by molar-refractivity contribution is 5.85. The van der Waals surface area contributed by atoms with Crippen LogP contribution in [0.15, 0.2) is 24.3 Å². The van der Waals surface area contributed by atoms with E-state index in [4.69, 9.17) is 10.5 Å². The standard InChI is InChI=1S/C14H20N2O2.ClH/c1-10(8-15)9-16-14(17)12-6-7-18-13-5-3-2-4-11(12)13;/h2-5,10,12H,6-9,15H2,1H3,(H,16,17);1H. The molecule has 1 aliphatic rings. The molecule has 1 heterocycles. The van der Waals surface area contributed by atoms with Crippen molar-refractivity contribution in [3.63, 3.8) is 0 Å². The summed E-state index contributed by atoms with van der Waals surface area (Å²) in [6, 6.07) is 7.74. The Morgan fingerprint density at radius 1 is 1.53 bits per heavy atom. The molecule has 0 aliphatic carbocycles. The first kappa shape index (κ1) is 15.8. The van der Waals surface area contributed by atoms with Crippen LogP contribution in [-0.2, 0) is 4.79 Å². The minimum Gasteiger partial charge on any atom is -0.493 e. The lowest BCUT2D eigenvalue weighted by atomic mass is 9.92. The normalized spacial score (nSPS) is 18.5. The smallest absolute Gasteiger partial charge is 0.227 e. The minimum absolute atomic E-state index is 0. The topological polar surface area (TPSA) is 64.3 Å². The van der Waals surface area contributed by atoms with E-state index in [0.29, 0.717) is 25.6 Å². The van der Waals surface area contributed by atoms with Gasteiger partial charge in [0.15, 0.2) is 0 Å².